The fourth-order valence-corrected chi connectivity index (χ4v) is 6.23. The first-order valence-corrected chi connectivity index (χ1v) is 17.9. The van der Waals surface area contributed by atoms with Crippen LogP contribution in [-0.4, -0.2) is 58.9 Å². The molecule has 0 unspecified atom stereocenters. The Morgan fingerprint density at radius 2 is 1.12 bits per heavy atom. The summed E-state index contributed by atoms with van der Waals surface area (Å²) in [7, 11) is 0. The van der Waals surface area contributed by atoms with Gasteiger partial charge >= 0.3 is 11.9 Å². The number of hydrogen-bond acceptors (Lipinski definition) is 10. The van der Waals surface area contributed by atoms with Crippen LogP contribution in [0.25, 0.3) is 33.4 Å². The van der Waals surface area contributed by atoms with Gasteiger partial charge in [-0.05, 0) is 103 Å². The maximum Gasteiger partial charge on any atom is 0.308 e. The number of phenols is 2. The molecular formula is C38H38Cl2N6O6. The van der Waals surface area contributed by atoms with Crippen molar-refractivity contribution in [1.82, 2.24) is 30.0 Å². The van der Waals surface area contributed by atoms with E-state index in [1.165, 1.54) is 9.59 Å². The first-order valence-electron chi connectivity index (χ1n) is 17.2. The summed E-state index contributed by atoms with van der Waals surface area (Å²) in [5.41, 5.74) is 6.23. The zero-order chi connectivity index (χ0) is 36.8. The minimum Gasteiger partial charge on any atom is -0.505 e. The van der Waals surface area contributed by atoms with E-state index in [0.29, 0.717) is 74.7 Å². The van der Waals surface area contributed by atoms with Gasteiger partial charge in [-0.2, -0.15) is 0 Å². The number of benzene rings is 4. The van der Waals surface area contributed by atoms with Crippen molar-refractivity contribution in [3.05, 3.63) is 93.0 Å². The Labute approximate surface area is 309 Å². The predicted molar refractivity (Wildman–Crippen MR) is 197 cm³/mol. The molecule has 2 N–H and O–H groups in total. The third-order valence-corrected chi connectivity index (χ3v) is 9.15. The van der Waals surface area contributed by atoms with Crippen molar-refractivity contribution in [2.45, 2.75) is 71.6 Å². The molecule has 6 rings (SSSR count). The zero-order valence-electron chi connectivity index (χ0n) is 28.8. The largest absolute Gasteiger partial charge is 0.505 e. The smallest absolute Gasteiger partial charge is 0.308 e. The molecule has 0 fully saturated rings. The molecule has 52 heavy (non-hydrogen) atoms. The van der Waals surface area contributed by atoms with Crippen molar-refractivity contribution in [2.24, 2.45) is 0 Å². The Kier molecular flexibility index (Phi) is 11.6. The van der Waals surface area contributed by atoms with Crippen LogP contribution in [0.1, 0.15) is 68.2 Å². The molecule has 270 valence electrons. The van der Waals surface area contributed by atoms with E-state index in [0.717, 1.165) is 36.0 Å². The van der Waals surface area contributed by atoms with Crippen molar-refractivity contribution < 1.29 is 29.3 Å². The summed E-state index contributed by atoms with van der Waals surface area (Å²) in [6, 6.07) is 17.6. The van der Waals surface area contributed by atoms with Gasteiger partial charge in [-0.1, -0.05) is 62.0 Å². The SMILES string of the molecule is CCCCCc1cc(CCC(=O)OCOC(=O)CCc2cc(CC)c(O)c(-n3nc4ccc(Cl)cc4n3)c2)cc(-n2nc3ccc(Cl)cc3n2)c1O. The van der Waals surface area contributed by atoms with E-state index in [9.17, 15) is 19.8 Å². The lowest BCUT2D eigenvalue weighted by atomic mass is 10.00. The van der Waals surface area contributed by atoms with Crippen molar-refractivity contribution in [3.63, 3.8) is 0 Å². The quantitative estimate of drug-likeness (QED) is 0.0605. The van der Waals surface area contributed by atoms with Crippen molar-refractivity contribution >= 4 is 57.2 Å². The van der Waals surface area contributed by atoms with E-state index in [1.54, 1.807) is 48.5 Å². The first kappa shape index (κ1) is 36.6. The lowest BCUT2D eigenvalue weighted by Crippen LogP contribution is -2.14. The summed E-state index contributed by atoms with van der Waals surface area (Å²) in [6.45, 7) is 3.52. The van der Waals surface area contributed by atoms with E-state index in [1.807, 2.05) is 19.1 Å². The highest BCUT2D eigenvalue weighted by Gasteiger charge is 2.18. The van der Waals surface area contributed by atoms with Gasteiger partial charge in [0.1, 0.15) is 44.9 Å². The molecule has 14 heteroatoms. The molecular weight excluding hydrogens is 707 g/mol. The van der Waals surface area contributed by atoms with Gasteiger partial charge in [0, 0.05) is 22.9 Å². The maximum absolute atomic E-state index is 12.7. The number of ether oxygens (including phenoxy) is 2. The molecule has 0 amide bonds. The van der Waals surface area contributed by atoms with Gasteiger partial charge in [0.05, 0.1) is 0 Å². The van der Waals surface area contributed by atoms with Crippen LogP contribution in [0.4, 0.5) is 0 Å². The first-order chi connectivity index (χ1) is 25.1. The number of aromatic hydroxyl groups is 2. The van der Waals surface area contributed by atoms with Gasteiger partial charge in [-0.3, -0.25) is 9.59 Å². The molecule has 4 aromatic carbocycles. The number of fused-ring (bicyclic) bond motifs is 2. The van der Waals surface area contributed by atoms with E-state index >= 15 is 0 Å². The number of hydrogen-bond donors (Lipinski definition) is 2. The van der Waals surface area contributed by atoms with Crippen LogP contribution in [0.5, 0.6) is 11.5 Å². The summed E-state index contributed by atoms with van der Waals surface area (Å²) in [5.74, 6) is -0.936. The van der Waals surface area contributed by atoms with Gasteiger partial charge in [-0.25, -0.2) is 0 Å². The average Bonchev–Trinajstić information content (AvgIpc) is 3.75. The van der Waals surface area contributed by atoms with Crippen LogP contribution in [0.3, 0.4) is 0 Å². The Balaban J connectivity index is 1.04. The van der Waals surface area contributed by atoms with Crippen LogP contribution in [0.2, 0.25) is 10.0 Å². The molecule has 12 nitrogen and oxygen atoms in total. The predicted octanol–water partition coefficient (Wildman–Crippen LogP) is 7.78. The van der Waals surface area contributed by atoms with E-state index in [4.69, 9.17) is 32.7 Å². The number of carbonyl (C=O) groups excluding carboxylic acids is 2. The van der Waals surface area contributed by atoms with Gasteiger partial charge < -0.3 is 19.7 Å². The second kappa shape index (κ2) is 16.4. The van der Waals surface area contributed by atoms with Crippen LogP contribution in [-0.2, 0) is 44.7 Å². The van der Waals surface area contributed by atoms with Crippen LogP contribution in [0, 0.1) is 0 Å². The summed E-state index contributed by atoms with van der Waals surface area (Å²) in [4.78, 5) is 28.0. The number of carbonyl (C=O) groups is 2. The lowest BCUT2D eigenvalue weighted by molar-refractivity contribution is -0.167. The Morgan fingerprint density at radius 3 is 1.62 bits per heavy atom. The summed E-state index contributed by atoms with van der Waals surface area (Å²) in [6.07, 6.45) is 4.84. The highest BCUT2D eigenvalue weighted by molar-refractivity contribution is 6.31. The summed E-state index contributed by atoms with van der Waals surface area (Å²) in [5, 5.41) is 41.1. The Hall–Kier alpha value is -5.20. The van der Waals surface area contributed by atoms with E-state index in [-0.39, 0.29) is 24.3 Å². The van der Waals surface area contributed by atoms with Crippen molar-refractivity contribution in [1.29, 1.82) is 0 Å². The highest BCUT2D eigenvalue weighted by Crippen LogP contribution is 2.32. The molecule has 0 atom stereocenters. The van der Waals surface area contributed by atoms with E-state index < -0.39 is 18.7 Å². The average molecular weight is 746 g/mol. The molecule has 0 saturated carbocycles. The highest BCUT2D eigenvalue weighted by atomic mass is 35.5. The number of phenolic OH excluding ortho intramolecular Hbond substituents is 2. The topological polar surface area (TPSA) is 154 Å². The van der Waals surface area contributed by atoms with Gasteiger partial charge in [-0.15, -0.1) is 30.0 Å². The zero-order valence-corrected chi connectivity index (χ0v) is 30.3. The Bertz CT molecular complexity index is 2250. The maximum atomic E-state index is 12.7. The number of unbranched alkanes of at least 4 members (excludes halogenated alkanes) is 2. The molecule has 0 aliphatic carbocycles. The molecule has 6 aromatic rings. The number of halogens is 2. The molecule has 0 radical (unpaired) electrons. The second-order valence-electron chi connectivity index (χ2n) is 12.5. The van der Waals surface area contributed by atoms with Gasteiger partial charge in [0.2, 0.25) is 6.79 Å². The van der Waals surface area contributed by atoms with Gasteiger partial charge in [0.15, 0.2) is 0 Å². The fraction of sp³-hybridized carbons (Fsp3) is 0.316. The minimum atomic E-state index is -0.543. The fourth-order valence-electron chi connectivity index (χ4n) is 5.89. The molecule has 0 aliphatic heterocycles. The molecule has 2 aromatic heterocycles. The molecule has 0 aliphatic rings. The third-order valence-electron chi connectivity index (χ3n) is 8.68. The van der Waals surface area contributed by atoms with Crippen LogP contribution < -0.4 is 0 Å². The van der Waals surface area contributed by atoms with Crippen LogP contribution >= 0.6 is 23.2 Å². The number of aryl methyl sites for hydroxylation is 4. The number of nitrogens with zero attached hydrogens (tertiary/aromatic N) is 6. The molecule has 2 heterocycles. The van der Waals surface area contributed by atoms with E-state index in [2.05, 4.69) is 27.3 Å². The van der Waals surface area contributed by atoms with Crippen molar-refractivity contribution in [3.8, 4) is 22.9 Å². The molecule has 0 saturated heterocycles. The number of rotatable bonds is 15. The molecule has 0 spiro atoms. The number of esters is 2. The minimum absolute atomic E-state index is 0.0226. The molecule has 0 bridgehead atoms. The normalized spacial score (nSPS) is 11.4. The number of aromatic nitrogens is 6. The summed E-state index contributed by atoms with van der Waals surface area (Å²) < 4.78 is 10.4. The van der Waals surface area contributed by atoms with Gasteiger partial charge in [0.25, 0.3) is 0 Å². The van der Waals surface area contributed by atoms with Crippen LogP contribution in [0.15, 0.2) is 60.7 Å². The standard InChI is InChI=1S/C38H38Cl2N6O6/c1-3-5-6-7-26-17-24(19-34(38(26)50)46-42-30-13-11-28(40)21-32(30)44-46)9-15-36(48)52-22-51-35(47)14-8-23-16-25(4-2)37(49)33(18-23)45-41-29-12-10-27(39)20-31(29)43-45/h10-13,16-21,49-50H,3-9,14-15,22H2,1-2H3. The second-order valence-corrected chi connectivity index (χ2v) is 13.3. The Morgan fingerprint density at radius 1 is 0.635 bits per heavy atom. The van der Waals surface area contributed by atoms with Crippen molar-refractivity contribution in [2.75, 3.05) is 6.79 Å². The third kappa shape index (κ3) is 8.63. The lowest BCUT2D eigenvalue weighted by Gasteiger charge is -2.13. The summed E-state index contributed by atoms with van der Waals surface area (Å²) >= 11 is 12.2. The monoisotopic (exact) mass is 744 g/mol.